The molecule has 0 saturated heterocycles. The molecular formula is C51H51N3. The molecule has 270 valence electrons. The van der Waals surface area contributed by atoms with E-state index in [1.807, 2.05) is 36.7 Å². The first kappa shape index (κ1) is 37.7. The molecule has 4 aromatic rings. The number of allylic oxidation sites excluding steroid dienone is 5. The monoisotopic (exact) mass is 705 g/mol. The summed E-state index contributed by atoms with van der Waals surface area (Å²) in [5, 5.41) is 12.7. The van der Waals surface area contributed by atoms with Crippen molar-refractivity contribution in [3.8, 4) is 11.1 Å². The molecule has 1 aromatic heterocycles. The van der Waals surface area contributed by atoms with Crippen LogP contribution in [0.15, 0.2) is 188 Å². The standard InChI is InChI=1S/C51H51N3/c1-38(39(2)27-28-41-17-10-9-11-18-41)25-26-40(3)51(52)54-50(46-23-16-22-45(35-46)43-19-12-7-5-4-6-8-13-20-43)34-31-42-29-32-44(33-30-42)49-37-53-36-47-21-14-15-24-48(47)49/h4-14,17-21,23,29-37,50H,1-3,15-16,22,24-28H2,(H2,52,54)/b5-4?,6-4?,7-5?,8-6?,12-7?,13-8?,19-12?,20-13?,34-31+,43-19?,43-20?. The molecule has 0 fully saturated rings. The maximum Gasteiger partial charge on any atom is 0.121 e. The Bertz CT molecular complexity index is 2140. The third-order valence-corrected chi connectivity index (χ3v) is 10.2. The second-order valence-electron chi connectivity index (χ2n) is 14.0. The molecule has 1 unspecified atom stereocenters. The fraction of sp³-hybridized carbons (Fsp3) is 0.176. The van der Waals surface area contributed by atoms with Gasteiger partial charge in [0.25, 0.3) is 0 Å². The van der Waals surface area contributed by atoms with E-state index in [1.165, 1.54) is 39.0 Å². The average Bonchev–Trinajstić information content (AvgIpc) is 3.22. The molecule has 2 N–H and O–H groups in total. The molecule has 0 saturated carbocycles. The Kier molecular flexibility index (Phi) is 13.4. The van der Waals surface area contributed by atoms with Crippen LogP contribution in [0, 0.1) is 5.41 Å². The minimum atomic E-state index is -0.215. The molecular weight excluding hydrogens is 655 g/mol. The van der Waals surface area contributed by atoms with Crippen molar-refractivity contribution in [2.75, 3.05) is 0 Å². The van der Waals surface area contributed by atoms with Crippen molar-refractivity contribution >= 4 is 23.6 Å². The molecule has 54 heavy (non-hydrogen) atoms. The van der Waals surface area contributed by atoms with Crippen molar-refractivity contribution in [3.63, 3.8) is 0 Å². The summed E-state index contributed by atoms with van der Waals surface area (Å²) >= 11 is 0. The molecule has 0 aliphatic heterocycles. The highest BCUT2D eigenvalue weighted by Crippen LogP contribution is 2.31. The minimum Gasteiger partial charge on any atom is -0.360 e. The zero-order valence-corrected chi connectivity index (χ0v) is 31.3. The van der Waals surface area contributed by atoms with Gasteiger partial charge in [0.15, 0.2) is 0 Å². The van der Waals surface area contributed by atoms with Crippen molar-refractivity contribution in [2.45, 2.75) is 57.4 Å². The van der Waals surface area contributed by atoms with Crippen LogP contribution in [-0.4, -0.2) is 16.9 Å². The Morgan fingerprint density at radius 1 is 0.722 bits per heavy atom. The molecule has 2 aliphatic rings. The number of hydrogen-bond donors (Lipinski definition) is 2. The van der Waals surface area contributed by atoms with Gasteiger partial charge >= 0.3 is 0 Å². The van der Waals surface area contributed by atoms with Crippen LogP contribution in [0.25, 0.3) is 28.9 Å². The lowest BCUT2D eigenvalue weighted by molar-refractivity contribution is 0.819. The SMILES string of the molecule is C=C(CCC(=C)C(=N)NC(/C=C/c1ccc(-c2cncc3c2CCC=C3)cc1)C1=CCCC(c2ccccccccc2)=C1)C(=C)CCc1ccccc1. The van der Waals surface area contributed by atoms with Crippen LogP contribution in [0.3, 0.4) is 0 Å². The summed E-state index contributed by atoms with van der Waals surface area (Å²) in [6.07, 6.45) is 24.4. The number of benzene rings is 2. The number of pyridine rings is 1. The third kappa shape index (κ3) is 10.5. The summed E-state index contributed by atoms with van der Waals surface area (Å²) in [6.45, 7) is 13.0. The van der Waals surface area contributed by atoms with Gasteiger partial charge in [0.05, 0.1) is 6.04 Å². The smallest absolute Gasteiger partial charge is 0.121 e. The van der Waals surface area contributed by atoms with E-state index >= 15 is 0 Å². The summed E-state index contributed by atoms with van der Waals surface area (Å²) in [5.74, 6) is 0.345. The summed E-state index contributed by atoms with van der Waals surface area (Å²) in [7, 11) is 0. The Hall–Kier alpha value is -6.06. The first-order valence-corrected chi connectivity index (χ1v) is 19.1. The molecule has 6 rings (SSSR count). The van der Waals surface area contributed by atoms with E-state index in [1.54, 1.807) is 0 Å². The van der Waals surface area contributed by atoms with Crippen LogP contribution in [0.5, 0.6) is 0 Å². The van der Waals surface area contributed by atoms with Crippen LogP contribution in [-0.2, 0) is 12.8 Å². The molecule has 1 heterocycles. The number of aryl methyl sites for hydroxylation is 1. The largest absolute Gasteiger partial charge is 0.360 e. The Balaban J connectivity index is 1.19. The van der Waals surface area contributed by atoms with E-state index in [4.69, 9.17) is 5.41 Å². The normalized spacial score (nSPS) is 13.9. The summed E-state index contributed by atoms with van der Waals surface area (Å²) < 4.78 is 0. The Morgan fingerprint density at radius 3 is 2.15 bits per heavy atom. The van der Waals surface area contributed by atoms with Gasteiger partial charge in [0.2, 0.25) is 0 Å². The van der Waals surface area contributed by atoms with Gasteiger partial charge in [0.1, 0.15) is 5.84 Å². The van der Waals surface area contributed by atoms with Crippen LogP contribution < -0.4 is 5.32 Å². The van der Waals surface area contributed by atoms with Crippen molar-refractivity contribution < 1.29 is 0 Å². The van der Waals surface area contributed by atoms with E-state index in [9.17, 15) is 0 Å². The lowest BCUT2D eigenvalue weighted by atomic mass is 9.90. The molecule has 0 spiro atoms. The highest BCUT2D eigenvalue weighted by molar-refractivity contribution is 5.96. The third-order valence-electron chi connectivity index (χ3n) is 10.2. The first-order chi connectivity index (χ1) is 26.4. The van der Waals surface area contributed by atoms with Crippen LogP contribution in [0.2, 0.25) is 0 Å². The Labute approximate surface area is 322 Å². The van der Waals surface area contributed by atoms with Crippen LogP contribution in [0.1, 0.15) is 66.3 Å². The second kappa shape index (κ2) is 19.1. The number of hydrogen-bond acceptors (Lipinski definition) is 2. The fourth-order valence-electron chi connectivity index (χ4n) is 6.89. The van der Waals surface area contributed by atoms with Gasteiger partial charge in [-0.1, -0.05) is 177 Å². The summed E-state index contributed by atoms with van der Waals surface area (Å²) in [6, 6.07) is 37.7. The number of aromatic nitrogens is 1. The van der Waals surface area contributed by atoms with Crippen LogP contribution >= 0.6 is 0 Å². The zero-order chi connectivity index (χ0) is 37.5. The van der Waals surface area contributed by atoms with Gasteiger partial charge in [-0.05, 0) is 101 Å². The minimum absolute atomic E-state index is 0.215. The molecule has 0 radical (unpaired) electrons. The highest BCUT2D eigenvalue weighted by atomic mass is 15.0. The number of nitrogens with one attached hydrogen (secondary N) is 2. The summed E-state index contributed by atoms with van der Waals surface area (Å²) in [5.41, 5.74) is 13.8. The molecule has 2 aliphatic carbocycles. The maximum absolute atomic E-state index is 9.11. The lowest BCUT2D eigenvalue weighted by Crippen LogP contribution is -2.35. The predicted octanol–water partition coefficient (Wildman–Crippen LogP) is 12.7. The summed E-state index contributed by atoms with van der Waals surface area (Å²) in [4.78, 5) is 4.52. The molecule has 1 atom stereocenters. The van der Waals surface area contributed by atoms with Crippen molar-refractivity contribution in [3.05, 3.63) is 216 Å². The highest BCUT2D eigenvalue weighted by Gasteiger charge is 2.18. The molecule has 3 nitrogen and oxygen atoms in total. The average molecular weight is 706 g/mol. The first-order valence-electron chi connectivity index (χ1n) is 19.1. The number of amidine groups is 1. The predicted molar refractivity (Wildman–Crippen MR) is 231 cm³/mol. The van der Waals surface area contributed by atoms with Gasteiger partial charge < -0.3 is 5.32 Å². The van der Waals surface area contributed by atoms with E-state index in [0.717, 1.165) is 72.8 Å². The maximum atomic E-state index is 9.11. The second-order valence-corrected chi connectivity index (χ2v) is 14.0. The molecule has 0 bridgehead atoms. The van der Waals surface area contributed by atoms with Crippen molar-refractivity contribution in [2.24, 2.45) is 0 Å². The topological polar surface area (TPSA) is 48.8 Å². The van der Waals surface area contributed by atoms with E-state index in [0.29, 0.717) is 12.3 Å². The quantitative estimate of drug-likeness (QED) is 0.0779. The fourth-order valence-corrected chi connectivity index (χ4v) is 6.89. The van der Waals surface area contributed by atoms with Gasteiger partial charge in [-0.15, -0.1) is 0 Å². The van der Waals surface area contributed by atoms with Crippen molar-refractivity contribution in [1.82, 2.24) is 10.3 Å². The van der Waals surface area contributed by atoms with Crippen LogP contribution in [0.4, 0.5) is 0 Å². The lowest BCUT2D eigenvalue weighted by Gasteiger charge is -2.23. The molecule has 0 amide bonds. The van der Waals surface area contributed by atoms with Gasteiger partial charge in [-0.3, -0.25) is 10.4 Å². The Morgan fingerprint density at radius 2 is 1.39 bits per heavy atom. The van der Waals surface area contributed by atoms with E-state index in [-0.39, 0.29) is 6.04 Å². The molecule has 3 aromatic carbocycles. The van der Waals surface area contributed by atoms with Gasteiger partial charge in [-0.2, -0.15) is 0 Å². The van der Waals surface area contributed by atoms with E-state index in [2.05, 4.69) is 151 Å². The number of nitrogens with zero attached hydrogens (tertiary/aromatic N) is 1. The number of rotatable bonds is 14. The molecule has 3 heteroatoms. The number of fused-ring (bicyclic) bond motifs is 1. The van der Waals surface area contributed by atoms with E-state index < -0.39 is 0 Å². The van der Waals surface area contributed by atoms with Crippen molar-refractivity contribution in [1.29, 1.82) is 5.41 Å². The van der Waals surface area contributed by atoms with Gasteiger partial charge in [-0.25, -0.2) is 0 Å². The zero-order valence-electron chi connectivity index (χ0n) is 31.3. The van der Waals surface area contributed by atoms with Gasteiger partial charge in [0, 0.05) is 18.0 Å².